The van der Waals surface area contributed by atoms with Crippen LogP contribution in [0.5, 0.6) is 0 Å². The minimum Gasteiger partial charge on any atom is -0.359 e. The average molecular weight is 183 g/mol. The number of ether oxygens (including phenoxy) is 1. The molecule has 76 valence electrons. The summed E-state index contributed by atoms with van der Waals surface area (Å²) in [7, 11) is 0. The molecule has 1 saturated heterocycles. The first kappa shape index (κ1) is 9.47. The Labute approximate surface area is 81.3 Å². The molecule has 1 spiro atoms. The Balaban J connectivity index is 2.00. The molecule has 1 aliphatic heterocycles. The molecule has 13 heavy (non-hydrogen) atoms. The van der Waals surface area contributed by atoms with Gasteiger partial charge in [0.2, 0.25) is 0 Å². The Morgan fingerprint density at radius 1 is 1.23 bits per heavy atom. The van der Waals surface area contributed by atoms with Gasteiger partial charge in [-0.1, -0.05) is 13.3 Å². The van der Waals surface area contributed by atoms with Crippen LogP contribution in [-0.2, 0) is 4.74 Å². The molecule has 1 saturated carbocycles. The van der Waals surface area contributed by atoms with Gasteiger partial charge in [0.1, 0.15) is 5.72 Å². The van der Waals surface area contributed by atoms with Gasteiger partial charge in [0.25, 0.3) is 0 Å². The van der Waals surface area contributed by atoms with Crippen molar-refractivity contribution in [3.05, 3.63) is 0 Å². The van der Waals surface area contributed by atoms with E-state index < -0.39 is 0 Å². The molecule has 2 rings (SSSR count). The zero-order valence-electron chi connectivity index (χ0n) is 8.72. The number of hydrogen-bond acceptors (Lipinski definition) is 2. The molecule has 0 aromatic rings. The summed E-state index contributed by atoms with van der Waals surface area (Å²) >= 11 is 0. The Kier molecular flexibility index (Phi) is 2.89. The van der Waals surface area contributed by atoms with Gasteiger partial charge in [-0.3, -0.25) is 4.90 Å². The highest BCUT2D eigenvalue weighted by Crippen LogP contribution is 2.37. The summed E-state index contributed by atoms with van der Waals surface area (Å²) in [6, 6.07) is 0. The topological polar surface area (TPSA) is 12.5 Å². The smallest absolute Gasteiger partial charge is 0.121 e. The van der Waals surface area contributed by atoms with E-state index >= 15 is 0 Å². The van der Waals surface area contributed by atoms with Gasteiger partial charge in [0.05, 0.1) is 6.61 Å². The van der Waals surface area contributed by atoms with Crippen LogP contribution in [-0.4, -0.2) is 30.3 Å². The molecule has 0 bridgehead atoms. The molecule has 2 fully saturated rings. The number of rotatable bonds is 2. The summed E-state index contributed by atoms with van der Waals surface area (Å²) in [5.74, 6) is 0. The first-order valence-corrected chi connectivity index (χ1v) is 5.76. The summed E-state index contributed by atoms with van der Waals surface area (Å²) in [6.45, 7) is 5.60. The molecule has 2 nitrogen and oxygen atoms in total. The molecule has 0 aromatic carbocycles. The fourth-order valence-corrected chi connectivity index (χ4v) is 2.79. The van der Waals surface area contributed by atoms with Crippen molar-refractivity contribution in [3.8, 4) is 0 Å². The summed E-state index contributed by atoms with van der Waals surface area (Å²) in [5, 5.41) is 0. The zero-order chi connectivity index (χ0) is 9.15. The van der Waals surface area contributed by atoms with Crippen LogP contribution in [0.4, 0.5) is 0 Å². The lowest BCUT2D eigenvalue weighted by Crippen LogP contribution is -2.46. The van der Waals surface area contributed by atoms with Gasteiger partial charge < -0.3 is 4.74 Å². The Hall–Kier alpha value is -0.0800. The molecule has 1 aliphatic carbocycles. The van der Waals surface area contributed by atoms with Crippen molar-refractivity contribution in [3.63, 3.8) is 0 Å². The van der Waals surface area contributed by atoms with Crippen molar-refractivity contribution in [2.75, 3.05) is 19.7 Å². The second-order valence-electron chi connectivity index (χ2n) is 4.34. The van der Waals surface area contributed by atoms with Gasteiger partial charge in [0, 0.05) is 13.1 Å². The number of hydrogen-bond donors (Lipinski definition) is 0. The van der Waals surface area contributed by atoms with Crippen molar-refractivity contribution < 1.29 is 4.74 Å². The van der Waals surface area contributed by atoms with E-state index in [0.717, 1.165) is 13.2 Å². The Morgan fingerprint density at radius 2 is 2.00 bits per heavy atom. The monoisotopic (exact) mass is 183 g/mol. The molecule has 0 atom stereocenters. The quantitative estimate of drug-likeness (QED) is 0.651. The van der Waals surface area contributed by atoms with Crippen molar-refractivity contribution in [1.82, 2.24) is 4.90 Å². The van der Waals surface area contributed by atoms with Gasteiger partial charge in [-0.25, -0.2) is 0 Å². The highest BCUT2D eigenvalue weighted by molar-refractivity contribution is 4.88. The summed E-state index contributed by atoms with van der Waals surface area (Å²) < 4.78 is 5.97. The molecule has 0 amide bonds. The standard InChI is InChI=1S/C11H21NO/c1-2-8-12-9-10-13-11(12)6-4-3-5-7-11/h2-10H2,1H3. The third-order valence-corrected chi connectivity index (χ3v) is 3.44. The Morgan fingerprint density at radius 3 is 2.69 bits per heavy atom. The van der Waals surface area contributed by atoms with Crippen molar-refractivity contribution in [2.24, 2.45) is 0 Å². The van der Waals surface area contributed by atoms with Gasteiger partial charge in [-0.2, -0.15) is 0 Å². The first-order chi connectivity index (χ1) is 6.37. The maximum Gasteiger partial charge on any atom is 0.121 e. The van der Waals surface area contributed by atoms with E-state index in [2.05, 4.69) is 11.8 Å². The van der Waals surface area contributed by atoms with E-state index in [1.165, 1.54) is 45.1 Å². The third-order valence-electron chi connectivity index (χ3n) is 3.44. The van der Waals surface area contributed by atoms with Gasteiger partial charge in [-0.05, 0) is 32.1 Å². The SMILES string of the molecule is CCCN1CCOC12CCCCC2. The predicted molar refractivity (Wildman–Crippen MR) is 53.6 cm³/mol. The molecule has 0 aromatic heterocycles. The summed E-state index contributed by atoms with van der Waals surface area (Å²) in [6.07, 6.45) is 7.93. The maximum absolute atomic E-state index is 5.97. The molecular formula is C11H21NO. The van der Waals surface area contributed by atoms with E-state index in [1.807, 2.05) is 0 Å². The van der Waals surface area contributed by atoms with Crippen LogP contribution in [0.2, 0.25) is 0 Å². The predicted octanol–water partition coefficient (Wildman–Crippen LogP) is 2.39. The minimum atomic E-state index is 0.175. The zero-order valence-corrected chi connectivity index (χ0v) is 8.72. The molecule has 2 heteroatoms. The molecule has 1 heterocycles. The highest BCUT2D eigenvalue weighted by Gasteiger charge is 2.42. The van der Waals surface area contributed by atoms with E-state index in [-0.39, 0.29) is 5.72 Å². The van der Waals surface area contributed by atoms with Gasteiger partial charge in [0.15, 0.2) is 0 Å². The van der Waals surface area contributed by atoms with Gasteiger partial charge in [-0.15, -0.1) is 0 Å². The molecular weight excluding hydrogens is 162 g/mol. The molecule has 0 radical (unpaired) electrons. The second-order valence-corrected chi connectivity index (χ2v) is 4.34. The molecule has 0 N–H and O–H groups in total. The van der Waals surface area contributed by atoms with Crippen LogP contribution in [0.15, 0.2) is 0 Å². The van der Waals surface area contributed by atoms with E-state index in [1.54, 1.807) is 0 Å². The lowest BCUT2D eigenvalue weighted by atomic mass is 9.90. The number of nitrogens with zero attached hydrogens (tertiary/aromatic N) is 1. The molecule has 0 unspecified atom stereocenters. The molecule has 2 aliphatic rings. The average Bonchev–Trinajstić information content (AvgIpc) is 2.52. The normalized spacial score (nSPS) is 28.4. The van der Waals surface area contributed by atoms with E-state index in [4.69, 9.17) is 4.74 Å². The minimum absolute atomic E-state index is 0.175. The largest absolute Gasteiger partial charge is 0.359 e. The maximum atomic E-state index is 5.97. The van der Waals surface area contributed by atoms with Crippen molar-refractivity contribution in [1.29, 1.82) is 0 Å². The van der Waals surface area contributed by atoms with Crippen LogP contribution >= 0.6 is 0 Å². The first-order valence-electron chi connectivity index (χ1n) is 5.76. The Bertz CT molecular complexity index is 163. The highest BCUT2D eigenvalue weighted by atomic mass is 16.5. The summed E-state index contributed by atoms with van der Waals surface area (Å²) in [4.78, 5) is 2.58. The van der Waals surface area contributed by atoms with E-state index in [9.17, 15) is 0 Å². The fourth-order valence-electron chi connectivity index (χ4n) is 2.79. The van der Waals surface area contributed by atoms with E-state index in [0.29, 0.717) is 0 Å². The second kappa shape index (κ2) is 3.97. The van der Waals surface area contributed by atoms with Crippen LogP contribution in [0.3, 0.4) is 0 Å². The van der Waals surface area contributed by atoms with Crippen LogP contribution < -0.4 is 0 Å². The third kappa shape index (κ3) is 1.75. The van der Waals surface area contributed by atoms with Crippen LogP contribution in [0.1, 0.15) is 45.4 Å². The van der Waals surface area contributed by atoms with Crippen molar-refractivity contribution >= 4 is 0 Å². The lowest BCUT2D eigenvalue weighted by Gasteiger charge is -2.40. The van der Waals surface area contributed by atoms with Gasteiger partial charge >= 0.3 is 0 Å². The van der Waals surface area contributed by atoms with Crippen molar-refractivity contribution in [2.45, 2.75) is 51.2 Å². The summed E-state index contributed by atoms with van der Waals surface area (Å²) in [5.41, 5.74) is 0.175. The van der Waals surface area contributed by atoms with Crippen LogP contribution in [0.25, 0.3) is 0 Å². The fraction of sp³-hybridized carbons (Fsp3) is 1.00. The lowest BCUT2D eigenvalue weighted by molar-refractivity contribution is -0.106. The van der Waals surface area contributed by atoms with Crippen LogP contribution in [0, 0.1) is 0 Å².